The lowest BCUT2D eigenvalue weighted by molar-refractivity contribution is 0.192. The second-order valence-electron chi connectivity index (χ2n) is 3.21. The summed E-state index contributed by atoms with van der Waals surface area (Å²) in [7, 11) is 1.74. The number of ether oxygens (including phenoxy) is 1. The number of halogens is 2. The largest absolute Gasteiger partial charge is 0.385 e. The van der Waals surface area contributed by atoms with Crippen LogP contribution >= 0.6 is 43.2 Å². The smallest absolute Gasteiger partial charge is 0.0843 e. The van der Waals surface area contributed by atoms with Crippen molar-refractivity contribution in [3.63, 3.8) is 0 Å². The van der Waals surface area contributed by atoms with Crippen LogP contribution in [0.25, 0.3) is 0 Å². The van der Waals surface area contributed by atoms with Gasteiger partial charge in [0.1, 0.15) is 0 Å². The van der Waals surface area contributed by atoms with Gasteiger partial charge in [-0.3, -0.25) is 0 Å². The number of unbranched alkanes of at least 4 members (excludes halogenated alkanes) is 1. The van der Waals surface area contributed by atoms with Crippen LogP contribution in [-0.4, -0.2) is 20.3 Å². The molecule has 5 heteroatoms. The van der Waals surface area contributed by atoms with E-state index in [0.29, 0.717) is 0 Å². The van der Waals surface area contributed by atoms with Gasteiger partial charge in [0, 0.05) is 29.6 Å². The van der Waals surface area contributed by atoms with Crippen molar-refractivity contribution < 1.29 is 4.74 Å². The molecule has 0 aliphatic carbocycles. The Balaban J connectivity index is 2.10. The molecule has 0 radical (unpaired) electrons. The highest BCUT2D eigenvalue weighted by Crippen LogP contribution is 2.32. The summed E-state index contributed by atoms with van der Waals surface area (Å²) in [5, 5.41) is 3.41. The quantitative estimate of drug-likeness (QED) is 0.750. The zero-order valence-corrected chi connectivity index (χ0v) is 12.7. The molecular formula is C10H15Br2NOS. The standard InChI is InChI=1S/C10H15Br2NOS/c1-14-5-3-2-4-13-7-8-6-9(11)10(12)15-8/h6,13H,2-5,7H2,1H3. The molecule has 1 aromatic rings. The molecule has 0 saturated carbocycles. The molecule has 0 aliphatic rings. The Bertz CT molecular complexity index is 271. The maximum Gasteiger partial charge on any atom is 0.0843 e. The average Bonchev–Trinajstić information content (AvgIpc) is 2.52. The highest BCUT2D eigenvalue weighted by Gasteiger charge is 2.02. The molecule has 1 aromatic heterocycles. The van der Waals surface area contributed by atoms with E-state index in [1.165, 1.54) is 15.1 Å². The van der Waals surface area contributed by atoms with Gasteiger partial charge < -0.3 is 10.1 Å². The number of rotatable bonds is 7. The molecule has 15 heavy (non-hydrogen) atoms. The van der Waals surface area contributed by atoms with Gasteiger partial charge in [-0.2, -0.15) is 0 Å². The van der Waals surface area contributed by atoms with Gasteiger partial charge in [0.15, 0.2) is 0 Å². The Hall–Kier alpha value is 0.580. The van der Waals surface area contributed by atoms with Crippen LogP contribution in [0.3, 0.4) is 0 Å². The average molecular weight is 357 g/mol. The zero-order valence-electron chi connectivity index (χ0n) is 8.69. The Labute approximate surface area is 112 Å². The molecule has 0 fully saturated rings. The van der Waals surface area contributed by atoms with Crippen LogP contribution in [0.2, 0.25) is 0 Å². The van der Waals surface area contributed by atoms with Gasteiger partial charge in [-0.25, -0.2) is 0 Å². The van der Waals surface area contributed by atoms with Crippen LogP contribution in [0.4, 0.5) is 0 Å². The van der Waals surface area contributed by atoms with Gasteiger partial charge >= 0.3 is 0 Å². The van der Waals surface area contributed by atoms with Crippen molar-refractivity contribution >= 4 is 43.2 Å². The number of hydrogen-bond donors (Lipinski definition) is 1. The van der Waals surface area contributed by atoms with Gasteiger partial charge in [0.05, 0.1) is 3.79 Å². The maximum atomic E-state index is 4.99. The van der Waals surface area contributed by atoms with Crippen LogP contribution in [-0.2, 0) is 11.3 Å². The molecule has 1 heterocycles. The third-order valence-electron chi connectivity index (χ3n) is 1.95. The van der Waals surface area contributed by atoms with E-state index in [1.54, 1.807) is 18.4 Å². The summed E-state index contributed by atoms with van der Waals surface area (Å²) in [6.45, 7) is 2.86. The van der Waals surface area contributed by atoms with Crippen molar-refractivity contribution in [3.05, 3.63) is 19.2 Å². The molecule has 0 unspecified atom stereocenters. The van der Waals surface area contributed by atoms with Gasteiger partial charge in [-0.15, -0.1) is 11.3 Å². The van der Waals surface area contributed by atoms with Crippen LogP contribution in [0.15, 0.2) is 14.3 Å². The van der Waals surface area contributed by atoms with E-state index >= 15 is 0 Å². The van der Waals surface area contributed by atoms with Crippen LogP contribution in [0.1, 0.15) is 17.7 Å². The summed E-state index contributed by atoms with van der Waals surface area (Å²) in [5.74, 6) is 0. The van der Waals surface area contributed by atoms with Crippen molar-refractivity contribution in [3.8, 4) is 0 Å². The first-order chi connectivity index (χ1) is 7.24. The predicted octanol–water partition coefficient (Wildman–Crippen LogP) is 3.79. The molecule has 0 atom stereocenters. The third kappa shape index (κ3) is 5.45. The Morgan fingerprint density at radius 1 is 1.40 bits per heavy atom. The normalized spacial score (nSPS) is 10.9. The van der Waals surface area contributed by atoms with Gasteiger partial charge in [0.2, 0.25) is 0 Å². The summed E-state index contributed by atoms with van der Waals surface area (Å²) in [5.41, 5.74) is 0. The molecule has 0 saturated heterocycles. The van der Waals surface area contributed by atoms with Crippen molar-refractivity contribution in [2.45, 2.75) is 19.4 Å². The van der Waals surface area contributed by atoms with Crippen molar-refractivity contribution in [2.75, 3.05) is 20.3 Å². The van der Waals surface area contributed by atoms with E-state index in [9.17, 15) is 0 Å². The summed E-state index contributed by atoms with van der Waals surface area (Å²) in [6, 6.07) is 2.15. The molecule has 0 spiro atoms. The fourth-order valence-corrected chi connectivity index (χ4v) is 3.33. The van der Waals surface area contributed by atoms with Crippen molar-refractivity contribution in [1.29, 1.82) is 0 Å². The lowest BCUT2D eigenvalue weighted by Gasteiger charge is -2.02. The van der Waals surface area contributed by atoms with E-state index in [0.717, 1.165) is 30.6 Å². The lowest BCUT2D eigenvalue weighted by atomic mass is 10.3. The van der Waals surface area contributed by atoms with Gasteiger partial charge in [0.25, 0.3) is 0 Å². The Kier molecular flexibility index (Phi) is 7.08. The molecule has 0 amide bonds. The first kappa shape index (κ1) is 13.6. The molecule has 0 aromatic carbocycles. The monoisotopic (exact) mass is 355 g/mol. The second-order valence-corrected chi connectivity index (χ2v) is 6.52. The van der Waals surface area contributed by atoms with Gasteiger partial charge in [-0.1, -0.05) is 0 Å². The minimum absolute atomic E-state index is 0.859. The van der Waals surface area contributed by atoms with Crippen LogP contribution < -0.4 is 5.32 Å². The van der Waals surface area contributed by atoms with E-state index in [4.69, 9.17) is 4.74 Å². The highest BCUT2D eigenvalue weighted by atomic mass is 79.9. The molecule has 1 N–H and O–H groups in total. The minimum atomic E-state index is 0.859. The fourth-order valence-electron chi connectivity index (χ4n) is 1.19. The van der Waals surface area contributed by atoms with E-state index in [-0.39, 0.29) is 0 Å². The summed E-state index contributed by atoms with van der Waals surface area (Å²) < 4.78 is 7.30. The second kappa shape index (κ2) is 7.79. The fraction of sp³-hybridized carbons (Fsp3) is 0.600. The molecule has 2 nitrogen and oxygen atoms in total. The molecule has 0 bridgehead atoms. The highest BCUT2D eigenvalue weighted by molar-refractivity contribution is 9.13. The minimum Gasteiger partial charge on any atom is -0.385 e. The first-order valence-corrected chi connectivity index (χ1v) is 7.27. The molecular weight excluding hydrogens is 342 g/mol. The van der Waals surface area contributed by atoms with Gasteiger partial charge in [-0.05, 0) is 57.3 Å². The summed E-state index contributed by atoms with van der Waals surface area (Å²) >= 11 is 8.73. The van der Waals surface area contributed by atoms with E-state index < -0.39 is 0 Å². The van der Waals surface area contributed by atoms with Crippen LogP contribution in [0, 0.1) is 0 Å². The number of nitrogens with one attached hydrogen (secondary N) is 1. The Morgan fingerprint density at radius 3 is 2.80 bits per heavy atom. The number of thiophene rings is 1. The topological polar surface area (TPSA) is 21.3 Å². The van der Waals surface area contributed by atoms with Crippen molar-refractivity contribution in [2.24, 2.45) is 0 Å². The molecule has 0 aliphatic heterocycles. The summed E-state index contributed by atoms with van der Waals surface area (Å²) in [4.78, 5) is 1.35. The van der Waals surface area contributed by atoms with Crippen molar-refractivity contribution in [1.82, 2.24) is 5.32 Å². The van der Waals surface area contributed by atoms with Crippen LogP contribution in [0.5, 0.6) is 0 Å². The zero-order chi connectivity index (χ0) is 11.1. The predicted molar refractivity (Wildman–Crippen MR) is 72.5 cm³/mol. The molecule has 86 valence electrons. The lowest BCUT2D eigenvalue weighted by Crippen LogP contribution is -2.14. The summed E-state index contributed by atoms with van der Waals surface area (Å²) in [6.07, 6.45) is 2.29. The van der Waals surface area contributed by atoms with E-state index in [1.807, 2.05) is 0 Å². The first-order valence-electron chi connectivity index (χ1n) is 4.87. The Morgan fingerprint density at radius 2 is 2.20 bits per heavy atom. The number of hydrogen-bond acceptors (Lipinski definition) is 3. The van der Waals surface area contributed by atoms with E-state index in [2.05, 4.69) is 43.2 Å². The SMILES string of the molecule is COCCCCNCc1cc(Br)c(Br)s1. The third-order valence-corrected chi connectivity index (χ3v) is 5.20. The maximum absolute atomic E-state index is 4.99. The number of methoxy groups -OCH3 is 1. The molecule has 1 rings (SSSR count).